The number of benzene rings is 1. The molecule has 2 N–H and O–H groups in total. The van der Waals surface area contributed by atoms with Crippen LogP contribution in [0.15, 0.2) is 42.6 Å². The number of nitrogens with one attached hydrogen (secondary N) is 2. The molecule has 0 atom stereocenters. The Bertz CT molecular complexity index is 1010. The molecule has 7 nitrogen and oxygen atoms in total. The van der Waals surface area contributed by atoms with Crippen LogP contribution in [-0.2, 0) is 13.0 Å². The fraction of sp³-hybridized carbons (Fsp3) is 0.364. The molecular weight excluding hydrogens is 364 g/mol. The highest BCUT2D eigenvalue weighted by atomic mass is 16.1. The number of rotatable bonds is 5. The number of hydrogen-bond donors (Lipinski definition) is 2. The van der Waals surface area contributed by atoms with Gasteiger partial charge in [-0.15, -0.1) is 10.2 Å². The van der Waals surface area contributed by atoms with E-state index in [0.29, 0.717) is 11.4 Å². The minimum absolute atomic E-state index is 0.183. The van der Waals surface area contributed by atoms with Crippen molar-refractivity contribution in [3.8, 4) is 11.4 Å². The van der Waals surface area contributed by atoms with Gasteiger partial charge in [0.1, 0.15) is 11.6 Å². The Hall–Kier alpha value is -3.22. The van der Waals surface area contributed by atoms with E-state index in [1.165, 1.54) is 6.42 Å². The molecule has 7 heteroatoms. The average Bonchev–Trinajstić information content (AvgIpc) is 2.96. The highest BCUT2D eigenvalue weighted by Crippen LogP contribution is 2.25. The maximum atomic E-state index is 12.9. The summed E-state index contributed by atoms with van der Waals surface area (Å²) in [6.45, 7) is 4.97. The van der Waals surface area contributed by atoms with Crippen LogP contribution in [0, 0.1) is 0 Å². The number of carbonyl (C=O) groups excluding carboxylic acids is 1. The van der Waals surface area contributed by atoms with E-state index in [4.69, 9.17) is 0 Å². The first-order chi connectivity index (χ1) is 14.1. The van der Waals surface area contributed by atoms with E-state index in [2.05, 4.69) is 30.4 Å². The van der Waals surface area contributed by atoms with Crippen LogP contribution in [0.3, 0.4) is 0 Å². The van der Waals surface area contributed by atoms with E-state index < -0.39 is 0 Å². The van der Waals surface area contributed by atoms with E-state index in [0.717, 1.165) is 48.7 Å². The van der Waals surface area contributed by atoms with Gasteiger partial charge < -0.3 is 15.2 Å². The Morgan fingerprint density at radius 2 is 2.00 bits per heavy atom. The van der Waals surface area contributed by atoms with Crippen LogP contribution in [0.2, 0.25) is 0 Å². The molecule has 0 saturated heterocycles. The quantitative estimate of drug-likeness (QED) is 0.684. The van der Waals surface area contributed by atoms with E-state index in [1.54, 1.807) is 18.3 Å². The van der Waals surface area contributed by atoms with Gasteiger partial charge in [-0.3, -0.25) is 4.79 Å². The van der Waals surface area contributed by atoms with Crippen molar-refractivity contribution in [1.29, 1.82) is 0 Å². The maximum Gasteiger partial charge on any atom is 0.259 e. The van der Waals surface area contributed by atoms with Gasteiger partial charge in [0, 0.05) is 36.5 Å². The minimum Gasteiger partial charge on any atom is -0.367 e. The van der Waals surface area contributed by atoms with Crippen molar-refractivity contribution < 1.29 is 4.79 Å². The van der Waals surface area contributed by atoms with Crippen molar-refractivity contribution in [3.05, 3.63) is 54.0 Å². The first kappa shape index (κ1) is 19.1. The van der Waals surface area contributed by atoms with Crippen molar-refractivity contribution in [3.63, 3.8) is 0 Å². The maximum absolute atomic E-state index is 12.9. The molecule has 0 fully saturated rings. The molecular formula is C22H26N6O. The lowest BCUT2D eigenvalue weighted by atomic mass is 10.1. The molecule has 150 valence electrons. The van der Waals surface area contributed by atoms with E-state index in [9.17, 15) is 4.79 Å². The Morgan fingerprint density at radius 1 is 1.10 bits per heavy atom. The third-order valence-electron chi connectivity index (χ3n) is 4.97. The van der Waals surface area contributed by atoms with Gasteiger partial charge in [-0.2, -0.15) is 0 Å². The summed E-state index contributed by atoms with van der Waals surface area (Å²) >= 11 is 0. The summed E-state index contributed by atoms with van der Waals surface area (Å²) in [5.41, 5.74) is 2.19. The zero-order valence-corrected chi connectivity index (χ0v) is 16.9. The zero-order valence-electron chi connectivity index (χ0n) is 16.9. The van der Waals surface area contributed by atoms with Crippen molar-refractivity contribution in [1.82, 2.24) is 19.7 Å². The monoisotopic (exact) mass is 390 g/mol. The number of carbonyl (C=O) groups is 1. The first-order valence-electron chi connectivity index (χ1n) is 10.2. The molecule has 4 rings (SSSR count). The van der Waals surface area contributed by atoms with Gasteiger partial charge in [0.05, 0.1) is 5.56 Å². The van der Waals surface area contributed by atoms with Crippen molar-refractivity contribution in [2.45, 2.75) is 52.1 Å². The number of aryl methyl sites for hydroxylation is 1. The Morgan fingerprint density at radius 3 is 2.86 bits per heavy atom. The summed E-state index contributed by atoms with van der Waals surface area (Å²) in [4.78, 5) is 17.2. The highest BCUT2D eigenvalue weighted by molar-refractivity contribution is 6.07. The third kappa shape index (κ3) is 4.29. The molecule has 0 radical (unpaired) electrons. The third-order valence-corrected chi connectivity index (χ3v) is 4.97. The van der Waals surface area contributed by atoms with Crippen LogP contribution in [0.25, 0.3) is 11.4 Å². The number of pyridine rings is 1. The van der Waals surface area contributed by atoms with Crippen molar-refractivity contribution >= 4 is 17.4 Å². The van der Waals surface area contributed by atoms with Crippen LogP contribution in [0.5, 0.6) is 0 Å². The van der Waals surface area contributed by atoms with E-state index in [1.807, 2.05) is 38.1 Å². The van der Waals surface area contributed by atoms with Crippen LogP contribution in [0.1, 0.15) is 49.3 Å². The molecule has 0 saturated carbocycles. The van der Waals surface area contributed by atoms with Gasteiger partial charge in [0.2, 0.25) is 0 Å². The molecule has 3 aromatic rings. The van der Waals surface area contributed by atoms with E-state index in [-0.39, 0.29) is 11.9 Å². The van der Waals surface area contributed by atoms with Gasteiger partial charge in [0.25, 0.3) is 5.91 Å². The number of fused-ring (bicyclic) bond motifs is 1. The van der Waals surface area contributed by atoms with Gasteiger partial charge in [0.15, 0.2) is 5.82 Å². The molecule has 0 unspecified atom stereocenters. The Balaban J connectivity index is 1.58. The van der Waals surface area contributed by atoms with Crippen LogP contribution >= 0.6 is 0 Å². The number of hydrogen-bond acceptors (Lipinski definition) is 5. The fourth-order valence-electron chi connectivity index (χ4n) is 3.61. The summed E-state index contributed by atoms with van der Waals surface area (Å²) in [6.07, 6.45) is 6.17. The molecule has 1 aromatic carbocycles. The highest BCUT2D eigenvalue weighted by Gasteiger charge is 2.17. The molecule has 29 heavy (non-hydrogen) atoms. The second-order valence-corrected chi connectivity index (χ2v) is 7.64. The lowest BCUT2D eigenvalue weighted by Gasteiger charge is -2.14. The topological polar surface area (TPSA) is 84.7 Å². The second kappa shape index (κ2) is 8.43. The molecule has 1 aliphatic rings. The van der Waals surface area contributed by atoms with Gasteiger partial charge >= 0.3 is 0 Å². The second-order valence-electron chi connectivity index (χ2n) is 7.64. The van der Waals surface area contributed by atoms with Gasteiger partial charge in [-0.25, -0.2) is 4.98 Å². The smallest absolute Gasteiger partial charge is 0.259 e. The average molecular weight is 390 g/mol. The molecule has 1 amide bonds. The molecule has 0 bridgehead atoms. The SMILES string of the molecule is CC(C)Nc1ncccc1C(=O)Nc1cccc(-c2nnc3n2CCCCC3)c1. The summed E-state index contributed by atoms with van der Waals surface area (Å²) in [5.74, 6) is 2.30. The van der Waals surface area contributed by atoms with E-state index >= 15 is 0 Å². The fourth-order valence-corrected chi connectivity index (χ4v) is 3.61. The van der Waals surface area contributed by atoms with Crippen molar-refractivity contribution in [2.75, 3.05) is 10.6 Å². The van der Waals surface area contributed by atoms with Gasteiger partial charge in [-0.05, 0) is 51.0 Å². The molecule has 3 heterocycles. The normalized spacial score (nSPS) is 13.6. The lowest BCUT2D eigenvalue weighted by Crippen LogP contribution is -2.18. The predicted molar refractivity (Wildman–Crippen MR) is 114 cm³/mol. The predicted octanol–water partition coefficient (Wildman–Crippen LogP) is 4.14. The summed E-state index contributed by atoms with van der Waals surface area (Å²) in [7, 11) is 0. The van der Waals surface area contributed by atoms with Crippen LogP contribution < -0.4 is 10.6 Å². The Kier molecular flexibility index (Phi) is 5.55. The van der Waals surface area contributed by atoms with Crippen molar-refractivity contribution in [2.24, 2.45) is 0 Å². The number of amides is 1. The standard InChI is InChI=1S/C22H26N6O/c1-15(2)24-20-18(10-7-12-23-20)22(29)25-17-9-6-8-16(14-17)21-27-26-19-11-4-3-5-13-28(19)21/h6-10,12,14-15H,3-5,11,13H2,1-2H3,(H,23,24)(H,25,29). The molecule has 0 aliphatic carbocycles. The lowest BCUT2D eigenvalue weighted by molar-refractivity contribution is 0.102. The van der Waals surface area contributed by atoms with Gasteiger partial charge in [-0.1, -0.05) is 18.6 Å². The van der Waals surface area contributed by atoms with Crippen LogP contribution in [0.4, 0.5) is 11.5 Å². The summed E-state index contributed by atoms with van der Waals surface area (Å²) in [5, 5.41) is 15.0. The number of aromatic nitrogens is 4. The number of anilines is 2. The van der Waals surface area contributed by atoms with Crippen LogP contribution in [-0.4, -0.2) is 31.7 Å². The molecule has 0 spiro atoms. The minimum atomic E-state index is -0.196. The summed E-state index contributed by atoms with van der Waals surface area (Å²) < 4.78 is 2.21. The zero-order chi connectivity index (χ0) is 20.2. The Labute approximate surface area is 170 Å². The number of nitrogens with zero attached hydrogens (tertiary/aromatic N) is 4. The summed E-state index contributed by atoms with van der Waals surface area (Å²) in [6, 6.07) is 11.5. The molecule has 1 aliphatic heterocycles. The first-order valence-corrected chi connectivity index (χ1v) is 10.2. The largest absolute Gasteiger partial charge is 0.367 e. The molecule has 2 aromatic heterocycles.